The number of aryl methyl sites for hydroxylation is 1. The summed E-state index contributed by atoms with van der Waals surface area (Å²) in [6.45, 7) is 2.71. The summed E-state index contributed by atoms with van der Waals surface area (Å²) in [7, 11) is 0. The zero-order chi connectivity index (χ0) is 15.0. The molecule has 1 aliphatic heterocycles. The van der Waals surface area contributed by atoms with E-state index in [0.717, 1.165) is 5.69 Å². The van der Waals surface area contributed by atoms with Crippen LogP contribution in [0.4, 0.5) is 0 Å². The van der Waals surface area contributed by atoms with E-state index in [9.17, 15) is 9.90 Å². The van der Waals surface area contributed by atoms with Gasteiger partial charge >= 0.3 is 0 Å². The molecular formula is C13H16N4O4. The van der Waals surface area contributed by atoms with Crippen molar-refractivity contribution in [2.75, 3.05) is 6.54 Å². The molecule has 112 valence electrons. The molecule has 0 aliphatic carbocycles. The molecule has 0 bridgehead atoms. The van der Waals surface area contributed by atoms with E-state index in [1.165, 1.54) is 0 Å². The number of amides is 1. The monoisotopic (exact) mass is 292 g/mol. The Morgan fingerprint density at radius 2 is 2.19 bits per heavy atom. The summed E-state index contributed by atoms with van der Waals surface area (Å²) in [5, 5.41) is 26.4. The average molecular weight is 292 g/mol. The predicted octanol–water partition coefficient (Wildman–Crippen LogP) is -0.180. The number of fused-ring (bicyclic) bond motifs is 1. The summed E-state index contributed by atoms with van der Waals surface area (Å²) < 4.78 is 6.77. The van der Waals surface area contributed by atoms with Crippen LogP contribution in [-0.4, -0.2) is 42.5 Å². The second kappa shape index (κ2) is 5.30. The second-order valence-corrected chi connectivity index (χ2v) is 4.96. The quantitative estimate of drug-likeness (QED) is 0.813. The molecule has 3 rings (SSSR count). The molecule has 1 amide bonds. The Balaban J connectivity index is 1.83. The second-order valence-electron chi connectivity index (χ2n) is 4.96. The largest absolute Gasteiger partial charge is 0.391 e. The Bertz CT molecular complexity index is 676. The van der Waals surface area contributed by atoms with Gasteiger partial charge in [0, 0.05) is 6.54 Å². The van der Waals surface area contributed by atoms with Gasteiger partial charge in [-0.2, -0.15) is 5.10 Å². The van der Waals surface area contributed by atoms with Crippen molar-refractivity contribution in [3.05, 3.63) is 34.5 Å². The molecule has 21 heavy (non-hydrogen) atoms. The molecule has 8 heteroatoms. The standard InChI is InChI=1S/C13H16N4O4/c1-8-11(7-19)12(15-21-8)13(20)16-2-3-17-10(5-16)4-9(6-18)14-17/h4,18-19H,2-3,5-7H2,1H3. The van der Waals surface area contributed by atoms with Crippen molar-refractivity contribution in [3.63, 3.8) is 0 Å². The van der Waals surface area contributed by atoms with Gasteiger partial charge in [0.25, 0.3) is 5.91 Å². The van der Waals surface area contributed by atoms with Gasteiger partial charge in [0.2, 0.25) is 0 Å². The van der Waals surface area contributed by atoms with Crippen LogP contribution in [0.2, 0.25) is 0 Å². The fourth-order valence-electron chi connectivity index (χ4n) is 2.47. The molecule has 0 aromatic carbocycles. The van der Waals surface area contributed by atoms with Crippen molar-refractivity contribution in [2.45, 2.75) is 33.2 Å². The van der Waals surface area contributed by atoms with E-state index >= 15 is 0 Å². The van der Waals surface area contributed by atoms with E-state index in [-0.39, 0.29) is 24.8 Å². The fraction of sp³-hybridized carbons (Fsp3) is 0.462. The summed E-state index contributed by atoms with van der Waals surface area (Å²) in [4.78, 5) is 14.1. The first kappa shape index (κ1) is 13.8. The van der Waals surface area contributed by atoms with E-state index in [4.69, 9.17) is 9.63 Å². The Hall–Kier alpha value is -2.19. The van der Waals surface area contributed by atoms with Gasteiger partial charge < -0.3 is 19.6 Å². The molecule has 8 nitrogen and oxygen atoms in total. The number of aliphatic hydroxyl groups is 2. The van der Waals surface area contributed by atoms with Gasteiger partial charge in [-0.05, 0) is 13.0 Å². The first-order valence-corrected chi connectivity index (χ1v) is 6.65. The Kier molecular flexibility index (Phi) is 3.48. The van der Waals surface area contributed by atoms with E-state index in [2.05, 4.69) is 10.3 Å². The molecule has 0 saturated heterocycles. The molecule has 0 radical (unpaired) electrons. The first-order chi connectivity index (χ1) is 10.1. The Labute approximate surface area is 120 Å². The minimum Gasteiger partial charge on any atom is -0.391 e. The van der Waals surface area contributed by atoms with Gasteiger partial charge in [-0.25, -0.2) is 0 Å². The highest BCUT2D eigenvalue weighted by Gasteiger charge is 2.28. The highest BCUT2D eigenvalue weighted by atomic mass is 16.5. The molecule has 0 atom stereocenters. The molecule has 1 aliphatic rings. The summed E-state index contributed by atoms with van der Waals surface area (Å²) in [6.07, 6.45) is 0. The number of hydrogen-bond acceptors (Lipinski definition) is 6. The van der Waals surface area contributed by atoms with Gasteiger partial charge in [0.1, 0.15) is 5.76 Å². The summed E-state index contributed by atoms with van der Waals surface area (Å²) in [5.41, 5.74) is 2.04. The zero-order valence-corrected chi connectivity index (χ0v) is 11.6. The lowest BCUT2D eigenvalue weighted by atomic mass is 10.1. The maximum atomic E-state index is 12.5. The highest BCUT2D eigenvalue weighted by molar-refractivity contribution is 5.93. The number of rotatable bonds is 3. The Morgan fingerprint density at radius 3 is 2.90 bits per heavy atom. The molecular weight excluding hydrogens is 276 g/mol. The zero-order valence-electron chi connectivity index (χ0n) is 11.6. The lowest BCUT2D eigenvalue weighted by Gasteiger charge is -2.27. The van der Waals surface area contributed by atoms with Crippen LogP contribution in [0.5, 0.6) is 0 Å². The van der Waals surface area contributed by atoms with Gasteiger partial charge in [0.15, 0.2) is 5.69 Å². The number of aliphatic hydroxyl groups excluding tert-OH is 2. The molecule has 0 saturated carbocycles. The van der Waals surface area contributed by atoms with Crippen molar-refractivity contribution < 1.29 is 19.5 Å². The van der Waals surface area contributed by atoms with E-state index < -0.39 is 0 Å². The smallest absolute Gasteiger partial charge is 0.276 e. The number of nitrogens with zero attached hydrogens (tertiary/aromatic N) is 4. The van der Waals surface area contributed by atoms with Crippen LogP contribution in [0, 0.1) is 6.92 Å². The third kappa shape index (κ3) is 2.32. The minimum atomic E-state index is -0.281. The lowest BCUT2D eigenvalue weighted by molar-refractivity contribution is 0.0692. The Morgan fingerprint density at radius 1 is 1.38 bits per heavy atom. The summed E-state index contributed by atoms with van der Waals surface area (Å²) in [6, 6.07) is 1.78. The minimum absolute atomic E-state index is 0.120. The van der Waals surface area contributed by atoms with Crippen LogP contribution in [-0.2, 0) is 26.3 Å². The third-order valence-corrected chi connectivity index (χ3v) is 3.64. The molecule has 3 heterocycles. The third-order valence-electron chi connectivity index (χ3n) is 3.64. The summed E-state index contributed by atoms with van der Waals surface area (Å²) in [5.74, 6) is 0.180. The van der Waals surface area contributed by atoms with Crippen LogP contribution < -0.4 is 0 Å². The van der Waals surface area contributed by atoms with Crippen molar-refractivity contribution in [3.8, 4) is 0 Å². The lowest BCUT2D eigenvalue weighted by Crippen LogP contribution is -2.38. The van der Waals surface area contributed by atoms with Crippen LogP contribution in [0.25, 0.3) is 0 Å². The highest BCUT2D eigenvalue weighted by Crippen LogP contribution is 2.19. The maximum Gasteiger partial charge on any atom is 0.276 e. The number of carbonyl (C=O) groups excluding carboxylic acids is 1. The van der Waals surface area contributed by atoms with Gasteiger partial charge in [-0.3, -0.25) is 9.48 Å². The van der Waals surface area contributed by atoms with E-state index in [0.29, 0.717) is 36.7 Å². The van der Waals surface area contributed by atoms with Gasteiger partial charge in [-0.15, -0.1) is 0 Å². The van der Waals surface area contributed by atoms with E-state index in [1.54, 1.807) is 22.6 Å². The van der Waals surface area contributed by atoms with Crippen LogP contribution >= 0.6 is 0 Å². The van der Waals surface area contributed by atoms with Crippen molar-refractivity contribution in [2.24, 2.45) is 0 Å². The molecule has 0 spiro atoms. The molecule has 0 unspecified atom stereocenters. The fourth-order valence-corrected chi connectivity index (χ4v) is 2.47. The van der Waals surface area contributed by atoms with Gasteiger partial charge in [-0.1, -0.05) is 5.16 Å². The van der Waals surface area contributed by atoms with Crippen LogP contribution in [0.3, 0.4) is 0 Å². The van der Waals surface area contributed by atoms with Gasteiger partial charge in [0.05, 0.1) is 43.3 Å². The van der Waals surface area contributed by atoms with Crippen molar-refractivity contribution in [1.82, 2.24) is 19.8 Å². The topological polar surface area (TPSA) is 105 Å². The molecule has 0 fully saturated rings. The van der Waals surface area contributed by atoms with Crippen molar-refractivity contribution in [1.29, 1.82) is 0 Å². The number of carbonyl (C=O) groups is 1. The number of aromatic nitrogens is 3. The molecule has 2 N–H and O–H groups in total. The average Bonchev–Trinajstić information content (AvgIpc) is 3.08. The summed E-state index contributed by atoms with van der Waals surface area (Å²) >= 11 is 0. The predicted molar refractivity (Wildman–Crippen MR) is 70.1 cm³/mol. The SMILES string of the molecule is Cc1onc(C(=O)N2CCn3nc(CO)cc3C2)c1CO. The molecule has 2 aromatic rings. The number of hydrogen-bond donors (Lipinski definition) is 2. The normalized spacial score (nSPS) is 14.3. The molecule has 2 aromatic heterocycles. The van der Waals surface area contributed by atoms with Crippen LogP contribution in [0.15, 0.2) is 10.6 Å². The van der Waals surface area contributed by atoms with Crippen molar-refractivity contribution >= 4 is 5.91 Å². The van der Waals surface area contributed by atoms with Crippen LogP contribution in [0.1, 0.15) is 33.2 Å². The van der Waals surface area contributed by atoms with E-state index in [1.807, 2.05) is 0 Å². The maximum absolute atomic E-state index is 12.5. The first-order valence-electron chi connectivity index (χ1n) is 6.65.